The number of carbonyl (C=O) groups excluding carboxylic acids is 1. The number of hydrogen-bond donors (Lipinski definition) is 3. The van der Waals surface area contributed by atoms with Crippen molar-refractivity contribution in [2.45, 2.75) is 32.1 Å². The summed E-state index contributed by atoms with van der Waals surface area (Å²) in [6.07, 6.45) is 0.0273. The molecule has 1 amide bonds. The first-order valence-corrected chi connectivity index (χ1v) is 14.1. The molecule has 9 heteroatoms. The molecule has 2 aromatic heterocycles. The number of ether oxygens (including phenoxy) is 1. The highest BCUT2D eigenvalue weighted by Gasteiger charge is 2.41. The number of morpholine rings is 1. The summed E-state index contributed by atoms with van der Waals surface area (Å²) in [6.45, 7) is 5.22. The lowest BCUT2D eigenvalue weighted by molar-refractivity contribution is -0.141. The number of nitrogens with zero attached hydrogens (tertiary/aromatic N) is 3. The molecule has 4 aromatic rings. The van der Waals surface area contributed by atoms with Crippen molar-refractivity contribution in [2.75, 3.05) is 39.4 Å². The third-order valence-corrected chi connectivity index (χ3v) is 8.32. The Morgan fingerprint density at radius 1 is 1.10 bits per heavy atom. The molecular formula is C32H34N4O5. The number of nitrogens with one attached hydrogen (secondary N) is 1. The average molecular weight is 555 g/mol. The van der Waals surface area contributed by atoms with Crippen molar-refractivity contribution < 1.29 is 19.7 Å². The zero-order valence-electron chi connectivity index (χ0n) is 23.1. The second-order valence-electron chi connectivity index (χ2n) is 10.6. The minimum absolute atomic E-state index is 0.0139. The summed E-state index contributed by atoms with van der Waals surface area (Å²) in [6, 6.07) is 19.5. The average Bonchev–Trinajstić information content (AvgIpc) is 3.38. The molecule has 0 unspecified atom stereocenters. The van der Waals surface area contributed by atoms with Crippen molar-refractivity contribution in [2.24, 2.45) is 0 Å². The number of para-hydroxylation sites is 1. The van der Waals surface area contributed by atoms with Crippen molar-refractivity contribution in [3.05, 3.63) is 87.7 Å². The topological polar surface area (TPSA) is 117 Å². The van der Waals surface area contributed by atoms with Crippen molar-refractivity contribution in [3.8, 4) is 22.5 Å². The Hall–Kier alpha value is -3.89. The molecule has 0 radical (unpaired) electrons. The van der Waals surface area contributed by atoms with E-state index in [0.717, 1.165) is 40.7 Å². The third kappa shape index (κ3) is 4.74. The van der Waals surface area contributed by atoms with Crippen LogP contribution in [0.4, 0.5) is 0 Å². The van der Waals surface area contributed by atoms with Crippen LogP contribution >= 0.6 is 0 Å². The van der Waals surface area contributed by atoms with Gasteiger partial charge in [0.1, 0.15) is 0 Å². The molecule has 2 aliphatic rings. The fourth-order valence-electron chi connectivity index (χ4n) is 6.05. The van der Waals surface area contributed by atoms with E-state index in [1.807, 2.05) is 54.6 Å². The van der Waals surface area contributed by atoms with Gasteiger partial charge in [-0.05, 0) is 29.7 Å². The van der Waals surface area contributed by atoms with Crippen LogP contribution in [0.1, 0.15) is 30.0 Å². The van der Waals surface area contributed by atoms with E-state index in [9.17, 15) is 19.8 Å². The predicted octanol–water partition coefficient (Wildman–Crippen LogP) is 2.63. The number of carbonyl (C=O) groups is 1. The van der Waals surface area contributed by atoms with E-state index in [1.54, 1.807) is 17.6 Å². The van der Waals surface area contributed by atoms with Crippen LogP contribution in [0.5, 0.6) is 0 Å². The van der Waals surface area contributed by atoms with E-state index in [-0.39, 0.29) is 24.1 Å². The number of aliphatic hydroxyl groups excluding tert-OH is 1. The highest BCUT2D eigenvalue weighted by Crippen LogP contribution is 2.42. The van der Waals surface area contributed by atoms with Gasteiger partial charge >= 0.3 is 0 Å². The number of amides is 1. The molecule has 2 aromatic carbocycles. The van der Waals surface area contributed by atoms with Crippen LogP contribution in [0, 0.1) is 0 Å². The first-order valence-electron chi connectivity index (χ1n) is 14.1. The third-order valence-electron chi connectivity index (χ3n) is 8.32. The van der Waals surface area contributed by atoms with Gasteiger partial charge in [-0.3, -0.25) is 14.5 Å². The van der Waals surface area contributed by atoms with Gasteiger partial charge in [-0.15, -0.1) is 0 Å². The quantitative estimate of drug-likeness (QED) is 0.270. The van der Waals surface area contributed by atoms with Gasteiger partial charge in [0, 0.05) is 48.3 Å². The number of pyridine rings is 2. The van der Waals surface area contributed by atoms with Gasteiger partial charge in [-0.1, -0.05) is 55.5 Å². The number of aromatic nitrogens is 2. The molecule has 41 heavy (non-hydrogen) atoms. The monoisotopic (exact) mass is 554 g/mol. The van der Waals surface area contributed by atoms with E-state index in [0.29, 0.717) is 37.7 Å². The Morgan fingerprint density at radius 2 is 1.83 bits per heavy atom. The summed E-state index contributed by atoms with van der Waals surface area (Å²) in [5.74, 6) is -0.595. The van der Waals surface area contributed by atoms with E-state index >= 15 is 0 Å². The summed E-state index contributed by atoms with van der Waals surface area (Å²) in [4.78, 5) is 34.5. The van der Waals surface area contributed by atoms with Gasteiger partial charge in [0.25, 0.3) is 11.5 Å². The first kappa shape index (κ1) is 27.3. The van der Waals surface area contributed by atoms with E-state index in [2.05, 4.69) is 10.2 Å². The molecule has 3 N–H and O–H groups in total. The van der Waals surface area contributed by atoms with Crippen LogP contribution < -0.4 is 10.9 Å². The SMILES string of the molecule is CC[C@@](O)(C(=O)NCCN1CCOCC1)c1cc2n(c(=O)c1CO)Cc1c-2nc2ccccc2c1-c1ccccc1. The maximum absolute atomic E-state index is 13.8. The fraction of sp³-hybridized carbons (Fsp3) is 0.344. The first-order chi connectivity index (χ1) is 20.0. The predicted molar refractivity (Wildman–Crippen MR) is 156 cm³/mol. The van der Waals surface area contributed by atoms with Gasteiger partial charge < -0.3 is 24.8 Å². The Kier molecular flexibility index (Phi) is 7.44. The highest BCUT2D eigenvalue weighted by molar-refractivity contribution is 5.99. The summed E-state index contributed by atoms with van der Waals surface area (Å²) < 4.78 is 6.97. The molecule has 6 rings (SSSR count). The minimum Gasteiger partial charge on any atom is -0.391 e. The van der Waals surface area contributed by atoms with Crippen LogP contribution in [0.3, 0.4) is 0 Å². The van der Waals surface area contributed by atoms with Gasteiger partial charge in [0.05, 0.1) is 43.3 Å². The molecule has 1 atom stereocenters. The van der Waals surface area contributed by atoms with Crippen LogP contribution in [0.15, 0.2) is 65.5 Å². The molecule has 2 aliphatic heterocycles. The largest absolute Gasteiger partial charge is 0.391 e. The maximum Gasteiger partial charge on any atom is 0.257 e. The van der Waals surface area contributed by atoms with Crippen molar-refractivity contribution in [3.63, 3.8) is 0 Å². The lowest BCUT2D eigenvalue weighted by atomic mass is 9.86. The van der Waals surface area contributed by atoms with E-state index < -0.39 is 23.7 Å². The van der Waals surface area contributed by atoms with Gasteiger partial charge in [0.15, 0.2) is 5.60 Å². The van der Waals surface area contributed by atoms with Crippen molar-refractivity contribution in [1.29, 1.82) is 0 Å². The van der Waals surface area contributed by atoms with Crippen LogP contribution in [0.2, 0.25) is 0 Å². The van der Waals surface area contributed by atoms with Gasteiger partial charge in [-0.2, -0.15) is 0 Å². The Bertz CT molecular complexity index is 1660. The van der Waals surface area contributed by atoms with Crippen LogP contribution in [-0.4, -0.2) is 70.0 Å². The maximum atomic E-state index is 13.8. The van der Waals surface area contributed by atoms with Gasteiger partial charge in [-0.25, -0.2) is 4.98 Å². The van der Waals surface area contributed by atoms with Crippen molar-refractivity contribution >= 4 is 16.8 Å². The number of aliphatic hydroxyl groups is 2. The molecule has 212 valence electrons. The molecule has 0 bridgehead atoms. The molecule has 4 heterocycles. The summed E-state index contributed by atoms with van der Waals surface area (Å²) in [5.41, 5.74) is 2.53. The summed E-state index contributed by atoms with van der Waals surface area (Å²) in [5, 5.41) is 26.0. The molecule has 9 nitrogen and oxygen atoms in total. The zero-order chi connectivity index (χ0) is 28.6. The molecule has 1 saturated heterocycles. The molecular weight excluding hydrogens is 520 g/mol. The number of fused-ring (bicyclic) bond motifs is 4. The molecule has 0 saturated carbocycles. The summed E-state index contributed by atoms with van der Waals surface area (Å²) in [7, 11) is 0. The zero-order valence-corrected chi connectivity index (χ0v) is 23.1. The second-order valence-corrected chi connectivity index (χ2v) is 10.6. The van der Waals surface area contributed by atoms with Gasteiger partial charge in [0.2, 0.25) is 0 Å². The van der Waals surface area contributed by atoms with Crippen LogP contribution in [0.25, 0.3) is 33.4 Å². The highest BCUT2D eigenvalue weighted by atomic mass is 16.5. The van der Waals surface area contributed by atoms with E-state index in [4.69, 9.17) is 9.72 Å². The lowest BCUT2D eigenvalue weighted by Crippen LogP contribution is -2.48. The van der Waals surface area contributed by atoms with Crippen molar-refractivity contribution in [1.82, 2.24) is 19.8 Å². The minimum atomic E-state index is -2.00. The number of benzene rings is 2. The lowest BCUT2D eigenvalue weighted by Gasteiger charge is -2.30. The standard InChI is InChI=1S/C32H34N4O5/c1-2-32(40,31(39)33-12-13-35-14-16-41-17-15-35)25-18-27-29-23(19-36(27)30(38)24(25)20-37)28(21-8-4-3-5-9-21)22-10-6-7-11-26(22)34-29/h3-11,18,37,40H,2,12-17,19-20H2,1H3,(H,33,39)/t32-/m0/s1. The van der Waals surface area contributed by atoms with E-state index in [1.165, 1.54) is 0 Å². The Labute approximate surface area is 238 Å². The van der Waals surface area contributed by atoms with Crippen LogP contribution in [-0.2, 0) is 28.3 Å². The number of hydrogen-bond acceptors (Lipinski definition) is 7. The molecule has 0 spiro atoms. The number of rotatable bonds is 8. The smallest absolute Gasteiger partial charge is 0.257 e. The Balaban J connectivity index is 1.44. The second kappa shape index (κ2) is 11.2. The molecule has 1 fully saturated rings. The normalized spacial score (nSPS) is 16.3. The fourth-order valence-corrected chi connectivity index (χ4v) is 6.05. The summed E-state index contributed by atoms with van der Waals surface area (Å²) >= 11 is 0. The molecule has 0 aliphatic carbocycles. The Morgan fingerprint density at radius 3 is 2.56 bits per heavy atom.